The lowest BCUT2D eigenvalue weighted by Gasteiger charge is -2.35. The number of rotatable bonds is 4. The fraction of sp³-hybridized carbons (Fsp3) is 0.240. The number of benzene rings is 3. The smallest absolute Gasteiger partial charge is 0.255 e. The Labute approximate surface area is 179 Å². The molecule has 4 nitrogen and oxygen atoms in total. The van der Waals surface area contributed by atoms with Gasteiger partial charge in [-0.3, -0.25) is 4.79 Å². The first-order chi connectivity index (χ1) is 14.8. The lowest BCUT2D eigenvalue weighted by molar-refractivity contribution is 0.00755. The van der Waals surface area contributed by atoms with Crippen molar-refractivity contribution in [2.75, 3.05) is 11.9 Å². The highest BCUT2D eigenvalue weighted by atomic mass is 19.1. The molecule has 3 aromatic rings. The number of aryl methyl sites for hydroxylation is 1. The summed E-state index contributed by atoms with van der Waals surface area (Å²) < 4.78 is 35.7. The van der Waals surface area contributed by atoms with Crippen LogP contribution in [-0.4, -0.2) is 23.2 Å². The van der Waals surface area contributed by atoms with Gasteiger partial charge in [0, 0.05) is 5.56 Å². The van der Waals surface area contributed by atoms with Crippen molar-refractivity contribution in [1.29, 1.82) is 0 Å². The van der Waals surface area contributed by atoms with Crippen molar-refractivity contribution in [3.8, 4) is 16.9 Å². The molecule has 0 spiro atoms. The van der Waals surface area contributed by atoms with Crippen molar-refractivity contribution in [1.82, 2.24) is 0 Å². The van der Waals surface area contributed by atoms with E-state index in [-0.39, 0.29) is 6.61 Å². The minimum atomic E-state index is -0.863. The summed E-state index contributed by atoms with van der Waals surface area (Å²) >= 11 is 0. The van der Waals surface area contributed by atoms with Gasteiger partial charge in [-0.05, 0) is 73.2 Å². The molecule has 1 amide bonds. The summed E-state index contributed by atoms with van der Waals surface area (Å²) in [6, 6.07) is 14.3. The van der Waals surface area contributed by atoms with Gasteiger partial charge < -0.3 is 15.2 Å². The maximum Gasteiger partial charge on any atom is 0.255 e. The normalized spacial score (nSPS) is 17.6. The van der Waals surface area contributed by atoms with Crippen LogP contribution >= 0.6 is 0 Å². The first-order valence-corrected chi connectivity index (χ1v) is 10.1. The molecule has 1 aliphatic heterocycles. The predicted molar refractivity (Wildman–Crippen MR) is 115 cm³/mol. The molecule has 1 aliphatic rings. The molecule has 4 rings (SSSR count). The highest BCUT2D eigenvalue weighted by Crippen LogP contribution is 2.40. The number of anilines is 1. The molecule has 1 atom stereocenters. The van der Waals surface area contributed by atoms with Crippen LogP contribution in [0.3, 0.4) is 0 Å². The van der Waals surface area contributed by atoms with E-state index in [1.165, 1.54) is 12.1 Å². The third kappa shape index (κ3) is 4.03. The average molecular weight is 423 g/mol. The van der Waals surface area contributed by atoms with Crippen LogP contribution in [0, 0.1) is 18.6 Å². The number of nitrogens with one attached hydrogen (secondary N) is 1. The van der Waals surface area contributed by atoms with Crippen LogP contribution in [0.1, 0.15) is 34.8 Å². The summed E-state index contributed by atoms with van der Waals surface area (Å²) in [6.07, 6.45) is 1.44. The van der Waals surface area contributed by atoms with Gasteiger partial charge in [0.2, 0.25) is 0 Å². The molecule has 0 aromatic heterocycles. The van der Waals surface area contributed by atoms with E-state index in [9.17, 15) is 18.7 Å². The van der Waals surface area contributed by atoms with Gasteiger partial charge in [0.05, 0.1) is 6.61 Å². The van der Waals surface area contributed by atoms with E-state index in [4.69, 9.17) is 4.74 Å². The summed E-state index contributed by atoms with van der Waals surface area (Å²) in [5, 5.41) is 12.0. The van der Waals surface area contributed by atoms with Crippen molar-refractivity contribution in [2.24, 2.45) is 0 Å². The molecular weight excluding hydrogens is 400 g/mol. The van der Waals surface area contributed by atoms with Crippen molar-refractivity contribution in [3.05, 3.63) is 82.9 Å². The second kappa shape index (κ2) is 8.12. The molecular formula is C25H23F2NO3. The van der Waals surface area contributed by atoms with E-state index in [0.717, 1.165) is 17.5 Å². The first kappa shape index (κ1) is 21.0. The Morgan fingerprint density at radius 2 is 1.81 bits per heavy atom. The number of fused-ring (bicyclic) bond motifs is 1. The monoisotopic (exact) mass is 423 g/mol. The van der Waals surface area contributed by atoms with Gasteiger partial charge in [-0.2, -0.15) is 0 Å². The summed E-state index contributed by atoms with van der Waals surface area (Å²) in [7, 11) is 0. The topological polar surface area (TPSA) is 58.6 Å². The highest BCUT2D eigenvalue weighted by molar-refractivity contribution is 6.04. The number of amides is 1. The van der Waals surface area contributed by atoms with Crippen molar-refractivity contribution < 1.29 is 23.4 Å². The van der Waals surface area contributed by atoms with E-state index < -0.39 is 28.8 Å². The molecule has 160 valence electrons. The largest absolute Gasteiger partial charge is 0.485 e. The Hall–Kier alpha value is -3.25. The quantitative estimate of drug-likeness (QED) is 0.601. The molecule has 0 bridgehead atoms. The lowest BCUT2D eigenvalue weighted by atomic mass is 9.89. The van der Waals surface area contributed by atoms with Gasteiger partial charge in [0.25, 0.3) is 5.91 Å². The molecule has 0 saturated carbocycles. The van der Waals surface area contributed by atoms with Crippen LogP contribution in [0.4, 0.5) is 14.5 Å². The van der Waals surface area contributed by atoms with Crippen LogP contribution in [0.5, 0.6) is 5.75 Å². The summed E-state index contributed by atoms with van der Waals surface area (Å²) in [5.74, 6) is -1.68. The van der Waals surface area contributed by atoms with E-state index >= 15 is 0 Å². The summed E-state index contributed by atoms with van der Waals surface area (Å²) in [5.41, 5.74) is 1.85. The maximum atomic E-state index is 14.8. The number of aliphatic hydroxyl groups excluding tert-OH is 1. The number of hydrogen-bond donors (Lipinski definition) is 2. The zero-order valence-corrected chi connectivity index (χ0v) is 17.3. The van der Waals surface area contributed by atoms with Crippen LogP contribution in [0.2, 0.25) is 0 Å². The molecule has 31 heavy (non-hydrogen) atoms. The molecule has 2 N–H and O–H groups in total. The predicted octanol–water partition coefficient (Wildman–Crippen LogP) is 5.27. The third-order valence-corrected chi connectivity index (χ3v) is 5.72. The number of ether oxygens (including phenoxy) is 1. The van der Waals surface area contributed by atoms with Crippen LogP contribution in [-0.2, 0) is 6.42 Å². The van der Waals surface area contributed by atoms with Crippen LogP contribution in [0.25, 0.3) is 11.1 Å². The molecule has 3 aromatic carbocycles. The standard InChI is InChI=1S/C25H23F2NO3/c1-15-19(9-8-16-10-11-25(2,14-29)31-23(15)16)18-12-20(26)22(21(27)13-18)28-24(30)17-6-4-3-5-7-17/h3-9,12-13,29H,10-11,14H2,1-2H3,(H,28,30). The van der Waals surface area contributed by atoms with E-state index in [1.54, 1.807) is 30.3 Å². The average Bonchev–Trinajstić information content (AvgIpc) is 2.77. The second-order valence-corrected chi connectivity index (χ2v) is 8.07. The lowest BCUT2D eigenvalue weighted by Crippen LogP contribution is -2.40. The Bertz CT molecular complexity index is 1120. The number of aliphatic hydroxyl groups is 1. The molecule has 1 unspecified atom stereocenters. The molecule has 1 heterocycles. The Morgan fingerprint density at radius 3 is 2.45 bits per heavy atom. The van der Waals surface area contributed by atoms with Gasteiger partial charge >= 0.3 is 0 Å². The van der Waals surface area contributed by atoms with Crippen LogP contribution < -0.4 is 10.1 Å². The van der Waals surface area contributed by atoms with Crippen molar-refractivity contribution >= 4 is 11.6 Å². The van der Waals surface area contributed by atoms with Gasteiger partial charge in [-0.25, -0.2) is 8.78 Å². The van der Waals surface area contributed by atoms with E-state index in [2.05, 4.69) is 5.32 Å². The van der Waals surface area contributed by atoms with Crippen molar-refractivity contribution in [3.63, 3.8) is 0 Å². The fourth-order valence-corrected chi connectivity index (χ4v) is 3.83. The Balaban J connectivity index is 1.68. The molecule has 0 radical (unpaired) electrons. The number of hydrogen-bond acceptors (Lipinski definition) is 3. The first-order valence-electron chi connectivity index (χ1n) is 10.1. The van der Waals surface area contributed by atoms with Gasteiger partial charge in [-0.15, -0.1) is 0 Å². The Kier molecular flexibility index (Phi) is 5.50. The second-order valence-electron chi connectivity index (χ2n) is 8.07. The number of carbonyl (C=O) groups is 1. The minimum Gasteiger partial charge on any atom is -0.485 e. The van der Waals surface area contributed by atoms with Gasteiger partial charge in [0.1, 0.15) is 28.7 Å². The highest BCUT2D eigenvalue weighted by Gasteiger charge is 2.32. The Morgan fingerprint density at radius 1 is 1.13 bits per heavy atom. The fourth-order valence-electron chi connectivity index (χ4n) is 3.83. The summed E-state index contributed by atoms with van der Waals surface area (Å²) in [4.78, 5) is 12.3. The molecule has 0 fully saturated rings. The van der Waals surface area contributed by atoms with Gasteiger partial charge in [0.15, 0.2) is 0 Å². The zero-order chi connectivity index (χ0) is 22.2. The third-order valence-electron chi connectivity index (χ3n) is 5.72. The SMILES string of the molecule is Cc1c(-c2cc(F)c(NC(=O)c3ccccc3)c(F)c2)ccc2c1OC(C)(CO)CC2. The maximum absolute atomic E-state index is 14.8. The van der Waals surface area contributed by atoms with Crippen molar-refractivity contribution in [2.45, 2.75) is 32.3 Å². The minimum absolute atomic E-state index is 0.116. The number of halogens is 2. The van der Waals surface area contributed by atoms with E-state index in [0.29, 0.717) is 28.9 Å². The summed E-state index contributed by atoms with van der Waals surface area (Å²) in [6.45, 7) is 3.55. The zero-order valence-electron chi connectivity index (χ0n) is 17.3. The molecule has 6 heteroatoms. The number of carbonyl (C=O) groups excluding carboxylic acids is 1. The van der Waals surface area contributed by atoms with Gasteiger partial charge in [-0.1, -0.05) is 30.3 Å². The van der Waals surface area contributed by atoms with E-state index in [1.807, 2.05) is 26.0 Å². The molecule has 0 aliphatic carbocycles. The molecule has 0 saturated heterocycles. The van der Waals surface area contributed by atoms with Crippen LogP contribution in [0.15, 0.2) is 54.6 Å².